The van der Waals surface area contributed by atoms with Gasteiger partial charge in [0, 0.05) is 31.9 Å². The van der Waals surface area contributed by atoms with Gasteiger partial charge in [-0.1, -0.05) is 0 Å². The third-order valence-electron chi connectivity index (χ3n) is 5.54. The van der Waals surface area contributed by atoms with Crippen molar-refractivity contribution < 1.29 is 27.5 Å². The number of carbonyl (C=O) groups excluding carboxylic acids is 2. The summed E-state index contributed by atoms with van der Waals surface area (Å²) in [5.41, 5.74) is 1.06. The van der Waals surface area contributed by atoms with E-state index in [0.717, 1.165) is 11.4 Å². The number of halogens is 3. The van der Waals surface area contributed by atoms with Gasteiger partial charge < -0.3 is 19.9 Å². The molecule has 0 spiro atoms. The summed E-state index contributed by atoms with van der Waals surface area (Å²) in [6.07, 6.45) is -3.30. The van der Waals surface area contributed by atoms with Crippen LogP contribution in [0.25, 0.3) is 0 Å². The molecular weight excluding hydrogens is 401 g/mol. The Hall–Kier alpha value is -2.49. The second kappa shape index (κ2) is 9.55. The number of piperazine rings is 1. The minimum absolute atomic E-state index is 0.0483. The molecule has 1 N–H and O–H groups in total. The molecule has 7 nitrogen and oxygen atoms in total. The van der Waals surface area contributed by atoms with E-state index in [0.29, 0.717) is 45.6 Å². The zero-order chi connectivity index (χ0) is 21.7. The van der Waals surface area contributed by atoms with E-state index in [2.05, 4.69) is 4.90 Å². The van der Waals surface area contributed by atoms with Crippen LogP contribution < -0.4 is 15.0 Å². The van der Waals surface area contributed by atoms with E-state index in [9.17, 15) is 22.8 Å². The fourth-order valence-corrected chi connectivity index (χ4v) is 3.90. The minimum atomic E-state index is -4.45. The smallest absolute Gasteiger partial charge is 0.405 e. The Morgan fingerprint density at radius 1 is 1.10 bits per heavy atom. The van der Waals surface area contributed by atoms with Gasteiger partial charge >= 0.3 is 6.18 Å². The van der Waals surface area contributed by atoms with E-state index in [4.69, 9.17) is 4.74 Å². The van der Waals surface area contributed by atoms with E-state index >= 15 is 0 Å². The zero-order valence-electron chi connectivity index (χ0n) is 17.0. The second-order valence-electron chi connectivity index (χ2n) is 7.53. The predicted octanol–water partition coefficient (Wildman–Crippen LogP) is 1.49. The topological polar surface area (TPSA) is 65.1 Å². The molecule has 2 fully saturated rings. The van der Waals surface area contributed by atoms with Crippen LogP contribution in [-0.2, 0) is 9.59 Å². The number of carbonyl (C=O) groups is 2. The van der Waals surface area contributed by atoms with Gasteiger partial charge in [0.2, 0.25) is 11.8 Å². The number of methoxy groups -OCH3 is 1. The van der Waals surface area contributed by atoms with E-state index in [1.165, 1.54) is 0 Å². The number of hydrogen-bond donors (Lipinski definition) is 1. The first-order chi connectivity index (χ1) is 14.3. The zero-order valence-corrected chi connectivity index (χ0v) is 17.0. The Balaban J connectivity index is 1.48. The molecule has 30 heavy (non-hydrogen) atoms. The molecular formula is C20H27F3N4O3. The summed E-state index contributed by atoms with van der Waals surface area (Å²) in [6.45, 7) is 1.72. The number of nitrogens with zero attached hydrogens (tertiary/aromatic N) is 3. The lowest BCUT2D eigenvalue weighted by molar-refractivity contribution is -0.142. The first kappa shape index (κ1) is 22.2. The van der Waals surface area contributed by atoms with Gasteiger partial charge in [0.25, 0.3) is 0 Å². The first-order valence-corrected chi connectivity index (χ1v) is 10.0. The number of benzene rings is 1. The van der Waals surface area contributed by atoms with Crippen LogP contribution in [0.1, 0.15) is 12.8 Å². The third kappa shape index (κ3) is 5.78. The Labute approximate surface area is 173 Å². The molecule has 3 rings (SSSR count). The Kier molecular flexibility index (Phi) is 7.06. The summed E-state index contributed by atoms with van der Waals surface area (Å²) in [4.78, 5) is 30.4. The van der Waals surface area contributed by atoms with Gasteiger partial charge in [-0.3, -0.25) is 14.5 Å². The average Bonchev–Trinajstić information content (AvgIpc) is 3.20. The molecule has 0 aromatic heterocycles. The molecule has 10 heteroatoms. The molecule has 0 saturated carbocycles. The maximum absolute atomic E-state index is 12.7. The Morgan fingerprint density at radius 2 is 1.77 bits per heavy atom. The molecule has 0 bridgehead atoms. The molecule has 166 valence electrons. The van der Waals surface area contributed by atoms with Crippen LogP contribution in [0.2, 0.25) is 0 Å². The molecule has 1 aromatic rings. The summed E-state index contributed by atoms with van der Waals surface area (Å²) < 4.78 is 42.2. The van der Waals surface area contributed by atoms with Crippen molar-refractivity contribution >= 4 is 17.5 Å². The highest BCUT2D eigenvalue weighted by Gasteiger charge is 2.35. The Morgan fingerprint density at radius 3 is 2.37 bits per heavy atom. The van der Waals surface area contributed by atoms with Crippen LogP contribution >= 0.6 is 0 Å². The minimum Gasteiger partial charge on any atom is -0.497 e. The van der Waals surface area contributed by atoms with Crippen LogP contribution in [0.3, 0.4) is 0 Å². The van der Waals surface area contributed by atoms with Crippen molar-refractivity contribution in [3.05, 3.63) is 24.3 Å². The average molecular weight is 428 g/mol. The van der Waals surface area contributed by atoms with E-state index in [1.807, 2.05) is 29.6 Å². The van der Waals surface area contributed by atoms with Gasteiger partial charge in [-0.05, 0) is 43.7 Å². The van der Waals surface area contributed by atoms with Crippen LogP contribution in [0.4, 0.5) is 18.9 Å². The van der Waals surface area contributed by atoms with Crippen LogP contribution in [0.15, 0.2) is 24.3 Å². The largest absolute Gasteiger partial charge is 0.497 e. The van der Waals surface area contributed by atoms with Crippen molar-refractivity contribution in [3.8, 4) is 5.75 Å². The molecule has 1 atom stereocenters. The summed E-state index contributed by atoms with van der Waals surface area (Å²) >= 11 is 0. The number of ether oxygens (including phenoxy) is 1. The van der Waals surface area contributed by atoms with Gasteiger partial charge in [-0.2, -0.15) is 13.2 Å². The van der Waals surface area contributed by atoms with E-state index in [-0.39, 0.29) is 12.5 Å². The molecule has 2 heterocycles. The summed E-state index contributed by atoms with van der Waals surface area (Å²) in [6, 6.07) is 7.06. The molecule has 2 aliphatic heterocycles. The number of alkyl halides is 3. The van der Waals surface area contributed by atoms with Crippen LogP contribution in [0, 0.1) is 0 Å². The van der Waals surface area contributed by atoms with Gasteiger partial charge in [0.1, 0.15) is 12.3 Å². The summed E-state index contributed by atoms with van der Waals surface area (Å²) in [7, 11) is 1.62. The summed E-state index contributed by atoms with van der Waals surface area (Å²) in [5.74, 6) is 0.0221. The Bertz CT molecular complexity index is 734. The molecule has 2 aliphatic rings. The van der Waals surface area contributed by atoms with Crippen molar-refractivity contribution in [1.29, 1.82) is 0 Å². The fraction of sp³-hybridized carbons (Fsp3) is 0.600. The van der Waals surface area contributed by atoms with Gasteiger partial charge in [-0.15, -0.1) is 0 Å². The number of amides is 2. The molecule has 1 aromatic carbocycles. The second-order valence-corrected chi connectivity index (χ2v) is 7.53. The summed E-state index contributed by atoms with van der Waals surface area (Å²) in [5, 5.41) is 1.93. The van der Waals surface area contributed by atoms with Gasteiger partial charge in [0.05, 0.1) is 19.7 Å². The lowest BCUT2D eigenvalue weighted by Gasteiger charge is -2.37. The highest BCUT2D eigenvalue weighted by Crippen LogP contribution is 2.22. The monoisotopic (exact) mass is 428 g/mol. The van der Waals surface area contributed by atoms with Crippen molar-refractivity contribution in [2.75, 3.05) is 57.8 Å². The SMILES string of the molecule is COc1ccc(N2CCN(C(=O)CN3CCCC3C(=O)NCC(F)(F)F)CC2)cc1. The lowest BCUT2D eigenvalue weighted by Crippen LogP contribution is -2.53. The van der Waals surface area contributed by atoms with Gasteiger partial charge in [-0.25, -0.2) is 0 Å². The van der Waals surface area contributed by atoms with Crippen LogP contribution in [-0.4, -0.2) is 86.8 Å². The molecule has 2 amide bonds. The highest BCUT2D eigenvalue weighted by atomic mass is 19.4. The lowest BCUT2D eigenvalue weighted by atomic mass is 10.2. The normalized spacial score (nSPS) is 20.3. The van der Waals surface area contributed by atoms with Crippen molar-refractivity contribution in [2.24, 2.45) is 0 Å². The van der Waals surface area contributed by atoms with E-state index < -0.39 is 24.7 Å². The number of hydrogen-bond acceptors (Lipinski definition) is 5. The molecule has 0 aliphatic carbocycles. The number of anilines is 1. The number of rotatable bonds is 6. The standard InChI is InChI=1S/C20H27F3N4O3/c1-30-16-6-4-15(5-7-16)25-9-11-26(12-10-25)18(28)13-27-8-2-3-17(27)19(29)24-14-20(21,22)23/h4-7,17H,2-3,8-14H2,1H3,(H,24,29). The quantitative estimate of drug-likeness (QED) is 0.744. The predicted molar refractivity (Wildman–Crippen MR) is 105 cm³/mol. The highest BCUT2D eigenvalue weighted by molar-refractivity contribution is 5.84. The van der Waals surface area contributed by atoms with Gasteiger partial charge in [0.15, 0.2) is 0 Å². The van der Waals surface area contributed by atoms with Crippen molar-refractivity contribution in [2.45, 2.75) is 25.1 Å². The molecule has 0 radical (unpaired) electrons. The van der Waals surface area contributed by atoms with Crippen molar-refractivity contribution in [1.82, 2.24) is 15.1 Å². The maximum Gasteiger partial charge on any atom is 0.405 e. The third-order valence-corrected chi connectivity index (χ3v) is 5.54. The number of likely N-dealkylation sites (tertiary alicyclic amines) is 1. The van der Waals surface area contributed by atoms with Crippen molar-refractivity contribution in [3.63, 3.8) is 0 Å². The molecule has 2 saturated heterocycles. The van der Waals surface area contributed by atoms with E-state index in [1.54, 1.807) is 16.9 Å². The molecule has 1 unspecified atom stereocenters. The first-order valence-electron chi connectivity index (χ1n) is 10.0. The number of nitrogens with one attached hydrogen (secondary N) is 1. The maximum atomic E-state index is 12.7. The fourth-order valence-electron chi connectivity index (χ4n) is 3.90. The van der Waals surface area contributed by atoms with Crippen LogP contribution in [0.5, 0.6) is 5.75 Å².